The van der Waals surface area contributed by atoms with Gasteiger partial charge in [0.25, 0.3) is 0 Å². The molecule has 1 aromatic carbocycles. The molecule has 1 aliphatic rings. The van der Waals surface area contributed by atoms with Crippen molar-refractivity contribution in [2.75, 3.05) is 18.0 Å². The van der Waals surface area contributed by atoms with Crippen LogP contribution in [0.1, 0.15) is 48.3 Å². The van der Waals surface area contributed by atoms with E-state index in [2.05, 4.69) is 15.0 Å². The fraction of sp³-hybridized carbons (Fsp3) is 0.409. The Morgan fingerprint density at radius 3 is 2.69 bits per heavy atom. The van der Waals surface area contributed by atoms with Crippen LogP contribution in [0.2, 0.25) is 0 Å². The molecule has 1 aliphatic heterocycles. The van der Waals surface area contributed by atoms with E-state index in [1.807, 2.05) is 12.1 Å². The number of hydrogen-bond donors (Lipinski definition) is 2. The number of ketones is 1. The van der Waals surface area contributed by atoms with Crippen molar-refractivity contribution in [3.63, 3.8) is 0 Å². The smallest absolute Gasteiger partial charge is 0.168 e. The van der Waals surface area contributed by atoms with Gasteiger partial charge in [0.05, 0.1) is 30.0 Å². The van der Waals surface area contributed by atoms with Gasteiger partial charge in [0, 0.05) is 30.8 Å². The second kappa shape index (κ2) is 7.57. The Kier molecular flexibility index (Phi) is 5.10. The monoisotopic (exact) mass is 394 g/mol. The molecule has 3 aromatic rings. The van der Waals surface area contributed by atoms with E-state index in [4.69, 9.17) is 0 Å². The molecule has 152 valence electrons. The first-order chi connectivity index (χ1) is 13.8. The van der Waals surface area contributed by atoms with Crippen LogP contribution in [-0.4, -0.2) is 49.8 Å². The molecule has 0 aliphatic carbocycles. The molecular weight excluding hydrogens is 368 g/mol. The highest BCUT2D eigenvalue weighted by molar-refractivity contribution is 5.97. The highest BCUT2D eigenvalue weighted by Gasteiger charge is 2.22. The third-order valence-electron chi connectivity index (χ3n) is 5.37. The quantitative estimate of drug-likeness (QED) is 0.646. The number of carbonyl (C=O) groups is 1. The van der Waals surface area contributed by atoms with E-state index < -0.39 is 5.60 Å². The summed E-state index contributed by atoms with van der Waals surface area (Å²) in [6, 6.07) is 10.8. The fourth-order valence-corrected chi connectivity index (χ4v) is 3.76. The Labute approximate surface area is 169 Å². The summed E-state index contributed by atoms with van der Waals surface area (Å²) in [5.74, 6) is 0.812. The molecule has 29 heavy (non-hydrogen) atoms. The lowest BCUT2D eigenvalue weighted by Gasteiger charge is -2.32. The van der Waals surface area contributed by atoms with Crippen molar-refractivity contribution in [2.45, 2.75) is 44.8 Å². The number of fused-ring (bicyclic) bond motifs is 1. The van der Waals surface area contributed by atoms with Gasteiger partial charge in [-0.25, -0.2) is 4.98 Å². The lowest BCUT2D eigenvalue weighted by Crippen LogP contribution is -2.39. The molecule has 7 nitrogen and oxygen atoms in total. The number of benzene rings is 1. The van der Waals surface area contributed by atoms with Crippen molar-refractivity contribution in [1.82, 2.24) is 14.6 Å². The molecule has 3 heterocycles. The van der Waals surface area contributed by atoms with E-state index in [0.717, 1.165) is 30.8 Å². The van der Waals surface area contributed by atoms with Gasteiger partial charge < -0.3 is 15.1 Å². The number of β-amino-alcohol motifs (C(OH)–C–C–N with tert-alkyl or cyclic N) is 1. The second-order valence-corrected chi connectivity index (χ2v) is 8.19. The molecule has 0 radical (unpaired) electrons. The summed E-state index contributed by atoms with van der Waals surface area (Å²) in [5, 5.41) is 24.5. The van der Waals surface area contributed by atoms with Crippen molar-refractivity contribution in [3.05, 3.63) is 59.4 Å². The highest BCUT2D eigenvalue weighted by Crippen LogP contribution is 2.23. The predicted octanol–water partition coefficient (Wildman–Crippen LogP) is 2.34. The Balaban J connectivity index is 1.60. The van der Waals surface area contributed by atoms with Crippen molar-refractivity contribution in [2.24, 2.45) is 0 Å². The summed E-state index contributed by atoms with van der Waals surface area (Å²) >= 11 is 0. The Morgan fingerprint density at radius 2 is 2.00 bits per heavy atom. The van der Waals surface area contributed by atoms with E-state index in [1.165, 1.54) is 0 Å². The summed E-state index contributed by atoms with van der Waals surface area (Å²) in [6.07, 6.45) is 3.21. The maximum atomic E-state index is 12.8. The zero-order chi connectivity index (χ0) is 20.6. The lowest BCUT2D eigenvalue weighted by atomic mass is 9.96. The molecule has 0 bridgehead atoms. The molecule has 4 rings (SSSR count). The zero-order valence-electron chi connectivity index (χ0n) is 16.7. The Bertz CT molecular complexity index is 1020. The van der Waals surface area contributed by atoms with Crippen LogP contribution in [0.4, 0.5) is 5.82 Å². The van der Waals surface area contributed by atoms with Crippen LogP contribution < -0.4 is 4.90 Å². The first-order valence-electron chi connectivity index (χ1n) is 9.94. The summed E-state index contributed by atoms with van der Waals surface area (Å²) < 4.78 is 1.75. The van der Waals surface area contributed by atoms with Crippen LogP contribution in [0.25, 0.3) is 5.65 Å². The number of Topliss-reactive ketones (excluding diaryl/α,β-unsaturated/α-hetero) is 1. The van der Waals surface area contributed by atoms with Gasteiger partial charge in [-0.05, 0) is 32.3 Å². The number of piperidine rings is 1. The van der Waals surface area contributed by atoms with E-state index in [-0.39, 0.29) is 18.3 Å². The Hall–Kier alpha value is -2.77. The van der Waals surface area contributed by atoms with E-state index in [1.54, 1.807) is 48.8 Å². The van der Waals surface area contributed by atoms with Crippen LogP contribution in [0, 0.1) is 0 Å². The molecule has 2 N–H and O–H groups in total. The van der Waals surface area contributed by atoms with Gasteiger partial charge in [0.1, 0.15) is 5.82 Å². The van der Waals surface area contributed by atoms with Gasteiger partial charge in [-0.3, -0.25) is 4.79 Å². The van der Waals surface area contributed by atoms with Gasteiger partial charge in [0.2, 0.25) is 0 Å². The largest absolute Gasteiger partial charge is 0.391 e. The third kappa shape index (κ3) is 4.16. The first-order valence-corrected chi connectivity index (χ1v) is 9.94. The highest BCUT2D eigenvalue weighted by atomic mass is 16.3. The lowest BCUT2D eigenvalue weighted by molar-refractivity contribution is 0.0784. The average molecular weight is 394 g/mol. The van der Waals surface area contributed by atoms with Gasteiger partial charge in [-0.1, -0.05) is 24.3 Å². The zero-order valence-corrected chi connectivity index (χ0v) is 16.7. The fourth-order valence-electron chi connectivity index (χ4n) is 3.76. The number of aliphatic hydroxyl groups excluding tert-OH is 1. The molecule has 1 saturated heterocycles. The number of nitrogens with zero attached hydrogens (tertiary/aromatic N) is 4. The maximum Gasteiger partial charge on any atom is 0.168 e. The summed E-state index contributed by atoms with van der Waals surface area (Å²) in [4.78, 5) is 19.5. The minimum absolute atomic E-state index is 0.0340. The molecular formula is C22H26N4O3. The van der Waals surface area contributed by atoms with Crippen LogP contribution in [0.15, 0.2) is 42.6 Å². The van der Waals surface area contributed by atoms with Gasteiger partial charge in [0.15, 0.2) is 11.4 Å². The molecule has 0 unspecified atom stereocenters. The molecule has 7 heteroatoms. The number of hydrogen-bond acceptors (Lipinski definition) is 6. The minimum atomic E-state index is -0.940. The Morgan fingerprint density at radius 1 is 1.24 bits per heavy atom. The maximum absolute atomic E-state index is 12.8. The van der Waals surface area contributed by atoms with Crippen molar-refractivity contribution in [3.8, 4) is 0 Å². The van der Waals surface area contributed by atoms with Gasteiger partial charge >= 0.3 is 0 Å². The van der Waals surface area contributed by atoms with Crippen molar-refractivity contribution < 1.29 is 15.0 Å². The summed E-state index contributed by atoms with van der Waals surface area (Å²) in [7, 11) is 0. The summed E-state index contributed by atoms with van der Waals surface area (Å²) in [6.45, 7) is 4.81. The minimum Gasteiger partial charge on any atom is -0.391 e. The molecule has 1 fully saturated rings. The normalized spacial score (nSPS) is 17.7. The standard InChI is InChI=1S/C22H26N4O3/c1-22(2,29)16-7-5-15(6-8-16)19(28)12-17-13-21(25-11-3-4-18(27)14-25)26-20(24-17)9-10-23-26/h5-10,13,18,27,29H,3-4,11-12,14H2,1-2H3/t18-/m1/s1. The second-order valence-electron chi connectivity index (χ2n) is 8.19. The van der Waals surface area contributed by atoms with E-state index in [0.29, 0.717) is 23.4 Å². The van der Waals surface area contributed by atoms with E-state index in [9.17, 15) is 15.0 Å². The molecule has 2 aromatic heterocycles. The van der Waals surface area contributed by atoms with E-state index >= 15 is 0 Å². The topological polar surface area (TPSA) is 91.0 Å². The molecule has 0 spiro atoms. The molecule has 0 amide bonds. The average Bonchev–Trinajstić information content (AvgIpc) is 3.15. The molecule has 1 atom stereocenters. The number of aliphatic hydroxyl groups is 2. The van der Waals surface area contributed by atoms with Gasteiger partial charge in [-0.2, -0.15) is 9.61 Å². The van der Waals surface area contributed by atoms with Crippen molar-refractivity contribution >= 4 is 17.2 Å². The van der Waals surface area contributed by atoms with Crippen LogP contribution >= 0.6 is 0 Å². The first kappa shape index (κ1) is 19.5. The van der Waals surface area contributed by atoms with Crippen LogP contribution in [0.3, 0.4) is 0 Å². The van der Waals surface area contributed by atoms with Gasteiger partial charge in [-0.15, -0.1) is 0 Å². The van der Waals surface area contributed by atoms with Crippen molar-refractivity contribution in [1.29, 1.82) is 0 Å². The predicted molar refractivity (Wildman–Crippen MR) is 110 cm³/mol. The SMILES string of the molecule is CC(C)(O)c1ccc(C(=O)Cc2cc(N3CCC[C@@H](O)C3)n3nccc3n2)cc1. The molecule has 0 saturated carbocycles. The summed E-state index contributed by atoms with van der Waals surface area (Å²) in [5.41, 5.74) is 1.76. The number of aromatic nitrogens is 3. The van der Waals surface area contributed by atoms with Crippen LogP contribution in [-0.2, 0) is 12.0 Å². The van der Waals surface area contributed by atoms with Crippen LogP contribution in [0.5, 0.6) is 0 Å². The third-order valence-corrected chi connectivity index (χ3v) is 5.37. The number of anilines is 1. The number of rotatable bonds is 5. The number of carbonyl (C=O) groups excluding carboxylic acids is 1.